The van der Waals surface area contributed by atoms with Gasteiger partial charge >= 0.3 is 0 Å². The number of para-hydroxylation sites is 1. The van der Waals surface area contributed by atoms with Crippen molar-refractivity contribution in [1.29, 1.82) is 0 Å². The smallest absolute Gasteiger partial charge is 0.229 e. The molecule has 176 valence electrons. The molecule has 1 aliphatic rings. The van der Waals surface area contributed by atoms with Gasteiger partial charge in [0.05, 0.1) is 29.5 Å². The van der Waals surface area contributed by atoms with Crippen molar-refractivity contribution in [2.75, 3.05) is 24.7 Å². The largest absolute Gasteiger partial charge is 0.494 e. The average Bonchev–Trinajstić information content (AvgIpc) is 3.62. The molecule has 0 bridgehead atoms. The van der Waals surface area contributed by atoms with Crippen LogP contribution in [0.5, 0.6) is 5.75 Å². The molecule has 0 spiro atoms. The van der Waals surface area contributed by atoms with Gasteiger partial charge in [-0.3, -0.25) is 9.69 Å². The Bertz CT molecular complexity index is 1210. The fourth-order valence-electron chi connectivity index (χ4n) is 3.94. The predicted octanol–water partition coefficient (Wildman–Crippen LogP) is 4.89. The first-order valence-electron chi connectivity index (χ1n) is 11.5. The van der Waals surface area contributed by atoms with Crippen molar-refractivity contribution in [2.24, 2.45) is 0 Å². The van der Waals surface area contributed by atoms with Gasteiger partial charge in [-0.2, -0.15) is 4.98 Å². The van der Waals surface area contributed by atoms with E-state index in [-0.39, 0.29) is 18.4 Å². The first kappa shape index (κ1) is 22.5. The maximum atomic E-state index is 13.3. The number of hydrogen-bond acceptors (Lipinski definition) is 8. The topological polar surface area (TPSA) is 90.6 Å². The van der Waals surface area contributed by atoms with Crippen molar-refractivity contribution < 1.29 is 18.8 Å². The number of carbonyl (C=O) groups excluding carboxylic acids is 1. The van der Waals surface area contributed by atoms with Crippen molar-refractivity contribution in [2.45, 2.75) is 38.7 Å². The zero-order chi connectivity index (χ0) is 23.3. The minimum absolute atomic E-state index is 0.0321. The Kier molecular flexibility index (Phi) is 6.82. The van der Waals surface area contributed by atoms with Gasteiger partial charge in [0.15, 0.2) is 5.13 Å². The fourth-order valence-corrected chi connectivity index (χ4v) is 4.94. The molecule has 0 N–H and O–H groups in total. The minimum atomic E-state index is -0.0321. The SMILES string of the molecule is CCOc1ccc(-c2noc(CCC(=O)N(CC3CCCO3)c3nc4ccccc4s3)n2)cc1. The van der Waals surface area contributed by atoms with E-state index in [1.807, 2.05) is 55.5 Å². The monoisotopic (exact) mass is 478 g/mol. The number of amides is 1. The molecule has 1 amide bonds. The van der Waals surface area contributed by atoms with E-state index in [0.29, 0.717) is 36.4 Å². The van der Waals surface area contributed by atoms with Gasteiger partial charge in [-0.05, 0) is 56.2 Å². The van der Waals surface area contributed by atoms with E-state index in [1.165, 1.54) is 11.3 Å². The number of benzene rings is 2. The van der Waals surface area contributed by atoms with Crippen molar-refractivity contribution in [3.8, 4) is 17.1 Å². The summed E-state index contributed by atoms with van der Waals surface area (Å²) in [6.07, 6.45) is 2.60. The molecule has 8 nitrogen and oxygen atoms in total. The van der Waals surface area contributed by atoms with E-state index < -0.39 is 0 Å². The molecule has 5 rings (SSSR count). The number of ether oxygens (including phenoxy) is 2. The van der Waals surface area contributed by atoms with E-state index in [4.69, 9.17) is 19.0 Å². The van der Waals surface area contributed by atoms with Crippen LogP contribution in [0.4, 0.5) is 5.13 Å². The highest BCUT2D eigenvalue weighted by atomic mass is 32.1. The molecular formula is C25H26N4O4S. The Balaban J connectivity index is 1.28. The number of aryl methyl sites for hydroxylation is 1. The van der Waals surface area contributed by atoms with Gasteiger partial charge in [0, 0.05) is 25.0 Å². The third-order valence-electron chi connectivity index (χ3n) is 5.67. The zero-order valence-electron chi connectivity index (χ0n) is 19.0. The summed E-state index contributed by atoms with van der Waals surface area (Å²) in [5.41, 5.74) is 1.73. The Labute approximate surface area is 201 Å². The van der Waals surface area contributed by atoms with Gasteiger partial charge in [0.25, 0.3) is 0 Å². The van der Waals surface area contributed by atoms with Crippen LogP contribution < -0.4 is 9.64 Å². The van der Waals surface area contributed by atoms with Crippen LogP contribution in [-0.4, -0.2) is 46.9 Å². The summed E-state index contributed by atoms with van der Waals surface area (Å²) in [5.74, 6) is 1.68. The third kappa shape index (κ3) is 5.10. The van der Waals surface area contributed by atoms with E-state index in [2.05, 4.69) is 10.1 Å². The number of fused-ring (bicyclic) bond motifs is 1. The standard InChI is InChI=1S/C25H26N4O4S/c1-2-31-18-11-9-17(10-12-18)24-27-22(33-28-24)13-14-23(30)29(16-19-6-5-15-32-19)25-26-20-7-3-4-8-21(20)34-25/h3-4,7-12,19H,2,5-6,13-16H2,1H3. The number of nitrogens with zero attached hydrogens (tertiary/aromatic N) is 4. The summed E-state index contributed by atoms with van der Waals surface area (Å²) in [4.78, 5) is 24.2. The molecule has 1 aliphatic heterocycles. The second kappa shape index (κ2) is 10.3. The van der Waals surface area contributed by atoms with Crippen LogP contribution in [0.1, 0.15) is 32.1 Å². The maximum absolute atomic E-state index is 13.3. The van der Waals surface area contributed by atoms with Crippen molar-refractivity contribution in [3.05, 3.63) is 54.4 Å². The quantitative estimate of drug-likeness (QED) is 0.338. The minimum Gasteiger partial charge on any atom is -0.494 e. The summed E-state index contributed by atoms with van der Waals surface area (Å²) in [7, 11) is 0. The number of anilines is 1. The van der Waals surface area contributed by atoms with Crippen LogP contribution in [0.3, 0.4) is 0 Å². The van der Waals surface area contributed by atoms with Gasteiger partial charge in [0.2, 0.25) is 17.6 Å². The molecule has 2 aromatic carbocycles. The van der Waals surface area contributed by atoms with Crippen LogP contribution in [0.15, 0.2) is 53.1 Å². The van der Waals surface area contributed by atoms with Gasteiger partial charge in [-0.25, -0.2) is 4.98 Å². The van der Waals surface area contributed by atoms with Crippen molar-refractivity contribution in [3.63, 3.8) is 0 Å². The molecule has 9 heteroatoms. The van der Waals surface area contributed by atoms with Crippen LogP contribution >= 0.6 is 11.3 Å². The van der Waals surface area contributed by atoms with Gasteiger partial charge in [-0.1, -0.05) is 28.6 Å². The first-order valence-corrected chi connectivity index (χ1v) is 12.3. The predicted molar refractivity (Wildman–Crippen MR) is 130 cm³/mol. The Morgan fingerprint density at radius 1 is 1.18 bits per heavy atom. The van der Waals surface area contributed by atoms with E-state index >= 15 is 0 Å². The highest BCUT2D eigenvalue weighted by Gasteiger charge is 2.26. The summed E-state index contributed by atoms with van der Waals surface area (Å²) < 4.78 is 17.7. The molecule has 4 aromatic rings. The van der Waals surface area contributed by atoms with Crippen molar-refractivity contribution in [1.82, 2.24) is 15.1 Å². The molecule has 0 saturated carbocycles. The molecule has 2 aromatic heterocycles. The van der Waals surface area contributed by atoms with E-state index in [9.17, 15) is 4.79 Å². The summed E-state index contributed by atoms with van der Waals surface area (Å²) in [6.45, 7) is 3.79. The molecule has 0 aliphatic carbocycles. The Morgan fingerprint density at radius 2 is 2.03 bits per heavy atom. The number of thiazole rings is 1. The molecular weight excluding hydrogens is 452 g/mol. The van der Waals surface area contributed by atoms with Gasteiger partial charge in [0.1, 0.15) is 5.75 Å². The molecule has 1 fully saturated rings. The lowest BCUT2D eigenvalue weighted by Crippen LogP contribution is -2.37. The fraction of sp³-hybridized carbons (Fsp3) is 0.360. The van der Waals surface area contributed by atoms with Crippen LogP contribution in [0.2, 0.25) is 0 Å². The third-order valence-corrected chi connectivity index (χ3v) is 6.73. The molecule has 1 atom stereocenters. The number of aromatic nitrogens is 3. The molecule has 1 saturated heterocycles. The van der Waals surface area contributed by atoms with Crippen LogP contribution in [0.25, 0.3) is 21.6 Å². The lowest BCUT2D eigenvalue weighted by molar-refractivity contribution is -0.119. The van der Waals surface area contributed by atoms with Crippen molar-refractivity contribution >= 4 is 32.6 Å². The summed E-state index contributed by atoms with van der Waals surface area (Å²) in [6, 6.07) is 15.4. The average molecular weight is 479 g/mol. The number of hydrogen-bond donors (Lipinski definition) is 0. The molecule has 3 heterocycles. The Morgan fingerprint density at radius 3 is 2.79 bits per heavy atom. The zero-order valence-corrected chi connectivity index (χ0v) is 19.8. The lowest BCUT2D eigenvalue weighted by atomic mass is 10.2. The summed E-state index contributed by atoms with van der Waals surface area (Å²) in [5, 5.41) is 4.77. The van der Waals surface area contributed by atoms with Gasteiger partial charge < -0.3 is 14.0 Å². The molecule has 1 unspecified atom stereocenters. The Hall–Kier alpha value is -3.30. The van der Waals surface area contributed by atoms with Crippen LogP contribution in [-0.2, 0) is 16.0 Å². The summed E-state index contributed by atoms with van der Waals surface area (Å²) >= 11 is 1.52. The first-order chi connectivity index (χ1) is 16.7. The highest BCUT2D eigenvalue weighted by molar-refractivity contribution is 7.22. The highest BCUT2D eigenvalue weighted by Crippen LogP contribution is 2.30. The van der Waals surface area contributed by atoms with E-state index in [1.54, 1.807) is 4.90 Å². The number of carbonyl (C=O) groups is 1. The molecule has 34 heavy (non-hydrogen) atoms. The number of rotatable bonds is 9. The normalized spacial score (nSPS) is 15.6. The second-order valence-corrected chi connectivity index (χ2v) is 9.08. The van der Waals surface area contributed by atoms with E-state index in [0.717, 1.165) is 41.0 Å². The maximum Gasteiger partial charge on any atom is 0.229 e. The van der Waals surface area contributed by atoms with Crippen LogP contribution in [0, 0.1) is 0 Å². The molecule has 0 radical (unpaired) electrons. The van der Waals surface area contributed by atoms with Gasteiger partial charge in [-0.15, -0.1) is 0 Å². The lowest BCUT2D eigenvalue weighted by Gasteiger charge is -2.22. The second-order valence-electron chi connectivity index (χ2n) is 8.07.